The number of anilines is 1. The van der Waals surface area contributed by atoms with Gasteiger partial charge in [-0.2, -0.15) is 0 Å². The highest BCUT2D eigenvalue weighted by Crippen LogP contribution is 2.16. The summed E-state index contributed by atoms with van der Waals surface area (Å²) in [5, 5.41) is 3.22. The smallest absolute Gasteiger partial charge is 0.228 e. The number of aromatic nitrogens is 1. The number of pyridine rings is 1. The van der Waals surface area contributed by atoms with Gasteiger partial charge in [0.1, 0.15) is 5.15 Å². The van der Waals surface area contributed by atoms with Crippen LogP contribution in [0.1, 0.15) is 19.0 Å². The molecule has 0 saturated heterocycles. The van der Waals surface area contributed by atoms with E-state index in [9.17, 15) is 4.79 Å². The first-order chi connectivity index (χ1) is 7.58. The number of hydrogen-bond acceptors (Lipinski definition) is 3. The fourth-order valence-corrected chi connectivity index (χ4v) is 1.55. The Kier molecular flexibility index (Phi) is 4.71. The van der Waals surface area contributed by atoms with Crippen molar-refractivity contribution in [1.82, 2.24) is 4.98 Å². The van der Waals surface area contributed by atoms with Crippen LogP contribution >= 0.6 is 11.6 Å². The maximum Gasteiger partial charge on any atom is 0.228 e. The van der Waals surface area contributed by atoms with Crippen LogP contribution in [0.4, 0.5) is 5.69 Å². The van der Waals surface area contributed by atoms with Gasteiger partial charge in [0.2, 0.25) is 5.91 Å². The van der Waals surface area contributed by atoms with Crippen LogP contribution in [-0.2, 0) is 4.79 Å². The van der Waals surface area contributed by atoms with Crippen molar-refractivity contribution in [1.29, 1.82) is 0 Å². The van der Waals surface area contributed by atoms with Gasteiger partial charge in [0, 0.05) is 6.54 Å². The normalized spacial score (nSPS) is 12.2. The van der Waals surface area contributed by atoms with E-state index in [-0.39, 0.29) is 11.8 Å². The van der Waals surface area contributed by atoms with Crippen LogP contribution in [0.2, 0.25) is 5.15 Å². The monoisotopic (exact) mass is 241 g/mol. The SMILES string of the molecule is CCC(CN)C(=O)Nc1ccc(Cl)nc1C. The molecule has 1 amide bonds. The predicted octanol–water partition coefficient (Wildman–Crippen LogP) is 1.97. The first kappa shape index (κ1) is 12.9. The molecule has 0 fully saturated rings. The molecule has 0 aromatic carbocycles. The lowest BCUT2D eigenvalue weighted by atomic mass is 10.1. The number of rotatable bonds is 4. The molecule has 4 nitrogen and oxygen atoms in total. The van der Waals surface area contributed by atoms with Crippen molar-refractivity contribution in [3.8, 4) is 0 Å². The molecule has 0 aliphatic carbocycles. The molecule has 0 saturated carbocycles. The average molecular weight is 242 g/mol. The molecule has 3 N–H and O–H groups in total. The molecule has 0 aliphatic heterocycles. The van der Waals surface area contributed by atoms with Crippen molar-refractivity contribution in [2.45, 2.75) is 20.3 Å². The van der Waals surface area contributed by atoms with Crippen molar-refractivity contribution in [3.05, 3.63) is 23.0 Å². The fraction of sp³-hybridized carbons (Fsp3) is 0.455. The molecular formula is C11H16ClN3O. The van der Waals surface area contributed by atoms with Crippen molar-refractivity contribution in [2.75, 3.05) is 11.9 Å². The summed E-state index contributed by atoms with van der Waals surface area (Å²) >= 11 is 5.73. The summed E-state index contributed by atoms with van der Waals surface area (Å²) < 4.78 is 0. The number of hydrogen-bond donors (Lipinski definition) is 2. The van der Waals surface area contributed by atoms with E-state index >= 15 is 0 Å². The number of amides is 1. The fourth-order valence-electron chi connectivity index (χ4n) is 1.36. The lowest BCUT2D eigenvalue weighted by Gasteiger charge is -2.13. The van der Waals surface area contributed by atoms with E-state index in [0.29, 0.717) is 23.1 Å². The number of aryl methyl sites for hydroxylation is 1. The van der Waals surface area contributed by atoms with Crippen molar-refractivity contribution < 1.29 is 4.79 Å². The molecule has 1 heterocycles. The Labute approximate surface area is 100 Å². The maximum absolute atomic E-state index is 11.8. The van der Waals surface area contributed by atoms with Gasteiger partial charge in [0.25, 0.3) is 0 Å². The molecule has 0 bridgehead atoms. The topological polar surface area (TPSA) is 68.0 Å². The molecule has 1 atom stereocenters. The number of halogens is 1. The van der Waals surface area contributed by atoms with Gasteiger partial charge in [0.15, 0.2) is 0 Å². The van der Waals surface area contributed by atoms with Crippen LogP contribution in [0.25, 0.3) is 0 Å². The summed E-state index contributed by atoms with van der Waals surface area (Å²) in [4.78, 5) is 15.8. The molecule has 5 heteroatoms. The molecule has 1 unspecified atom stereocenters. The number of carbonyl (C=O) groups is 1. The summed E-state index contributed by atoms with van der Waals surface area (Å²) in [5.41, 5.74) is 6.89. The largest absolute Gasteiger partial charge is 0.330 e. The lowest BCUT2D eigenvalue weighted by molar-refractivity contribution is -0.119. The Morgan fingerprint density at radius 1 is 1.62 bits per heavy atom. The lowest BCUT2D eigenvalue weighted by Crippen LogP contribution is -2.28. The van der Waals surface area contributed by atoms with Gasteiger partial charge in [-0.3, -0.25) is 4.79 Å². The molecular weight excluding hydrogens is 226 g/mol. The highest BCUT2D eigenvalue weighted by atomic mass is 35.5. The highest BCUT2D eigenvalue weighted by Gasteiger charge is 2.15. The van der Waals surface area contributed by atoms with Crippen molar-refractivity contribution >= 4 is 23.2 Å². The molecule has 1 aromatic rings. The third-order valence-corrected chi connectivity index (χ3v) is 2.67. The van der Waals surface area contributed by atoms with E-state index in [4.69, 9.17) is 17.3 Å². The summed E-state index contributed by atoms with van der Waals surface area (Å²) in [6.07, 6.45) is 0.725. The second-order valence-corrected chi connectivity index (χ2v) is 3.98. The number of nitrogens with one attached hydrogen (secondary N) is 1. The van der Waals surface area contributed by atoms with Crippen LogP contribution in [0, 0.1) is 12.8 Å². The zero-order chi connectivity index (χ0) is 12.1. The summed E-state index contributed by atoms with van der Waals surface area (Å²) in [7, 11) is 0. The van der Waals surface area contributed by atoms with Gasteiger partial charge in [-0.1, -0.05) is 18.5 Å². The van der Waals surface area contributed by atoms with Crippen molar-refractivity contribution in [2.24, 2.45) is 11.7 Å². The Bertz CT molecular complexity index is 377. The Morgan fingerprint density at radius 3 is 2.81 bits per heavy atom. The minimum atomic E-state index is -0.157. The molecule has 88 valence electrons. The standard InChI is InChI=1S/C11H16ClN3O/c1-3-8(6-13)11(16)15-9-4-5-10(12)14-7(9)2/h4-5,8H,3,6,13H2,1-2H3,(H,15,16). The number of carbonyl (C=O) groups excluding carboxylic acids is 1. The minimum absolute atomic E-state index is 0.0720. The second-order valence-electron chi connectivity index (χ2n) is 3.60. The van der Waals surface area contributed by atoms with E-state index < -0.39 is 0 Å². The van der Waals surface area contributed by atoms with Crippen LogP contribution in [0.15, 0.2) is 12.1 Å². The third kappa shape index (κ3) is 3.18. The maximum atomic E-state index is 11.8. The Balaban J connectivity index is 2.76. The highest BCUT2D eigenvalue weighted by molar-refractivity contribution is 6.29. The second kappa shape index (κ2) is 5.82. The summed E-state index contributed by atoms with van der Waals surface area (Å²) in [5.74, 6) is -0.229. The molecule has 0 radical (unpaired) electrons. The number of nitrogens with zero attached hydrogens (tertiary/aromatic N) is 1. The van der Waals surface area contributed by atoms with E-state index in [1.165, 1.54) is 0 Å². The van der Waals surface area contributed by atoms with E-state index in [2.05, 4.69) is 10.3 Å². The van der Waals surface area contributed by atoms with Gasteiger partial charge in [0.05, 0.1) is 17.3 Å². The molecule has 1 aromatic heterocycles. The Hall–Kier alpha value is -1.13. The first-order valence-corrected chi connectivity index (χ1v) is 5.60. The molecule has 0 spiro atoms. The summed E-state index contributed by atoms with van der Waals surface area (Å²) in [6, 6.07) is 3.39. The average Bonchev–Trinajstić information content (AvgIpc) is 2.24. The van der Waals surface area contributed by atoms with Gasteiger partial charge in [-0.25, -0.2) is 4.98 Å². The first-order valence-electron chi connectivity index (χ1n) is 5.22. The van der Waals surface area contributed by atoms with Gasteiger partial charge in [-0.05, 0) is 25.5 Å². The van der Waals surface area contributed by atoms with E-state index in [0.717, 1.165) is 6.42 Å². The van der Waals surface area contributed by atoms with Gasteiger partial charge in [-0.15, -0.1) is 0 Å². The quantitative estimate of drug-likeness (QED) is 0.792. The zero-order valence-corrected chi connectivity index (χ0v) is 10.2. The van der Waals surface area contributed by atoms with E-state index in [1.807, 2.05) is 6.92 Å². The van der Waals surface area contributed by atoms with Crippen LogP contribution in [0.3, 0.4) is 0 Å². The van der Waals surface area contributed by atoms with E-state index in [1.54, 1.807) is 19.1 Å². The van der Waals surface area contributed by atoms with Crippen LogP contribution in [0.5, 0.6) is 0 Å². The molecule has 1 rings (SSSR count). The molecule has 0 aliphatic rings. The van der Waals surface area contributed by atoms with Crippen LogP contribution in [-0.4, -0.2) is 17.4 Å². The predicted molar refractivity (Wildman–Crippen MR) is 65.4 cm³/mol. The van der Waals surface area contributed by atoms with Gasteiger partial charge >= 0.3 is 0 Å². The zero-order valence-electron chi connectivity index (χ0n) is 9.46. The Morgan fingerprint density at radius 2 is 2.31 bits per heavy atom. The molecule has 16 heavy (non-hydrogen) atoms. The van der Waals surface area contributed by atoms with Crippen LogP contribution < -0.4 is 11.1 Å². The van der Waals surface area contributed by atoms with Crippen molar-refractivity contribution in [3.63, 3.8) is 0 Å². The third-order valence-electron chi connectivity index (χ3n) is 2.46. The minimum Gasteiger partial charge on any atom is -0.330 e. The van der Waals surface area contributed by atoms with Gasteiger partial charge < -0.3 is 11.1 Å². The number of nitrogens with two attached hydrogens (primary N) is 1. The summed E-state index contributed by atoms with van der Waals surface area (Å²) in [6.45, 7) is 4.08.